The predicted molar refractivity (Wildman–Crippen MR) is 166 cm³/mol. The topological polar surface area (TPSA) is 234 Å². The van der Waals surface area contributed by atoms with Crippen LogP contribution in [0.15, 0.2) is 58.3 Å². The van der Waals surface area contributed by atoms with Gasteiger partial charge in [0, 0.05) is 12.8 Å². The number of benzene rings is 2. The molecule has 2 rings (SSSR count). The Morgan fingerprint density at radius 1 is 0.592 bits per heavy atom. The largest absolute Gasteiger partial charge is 1.00 e. The fourth-order valence-electron chi connectivity index (χ4n) is 3.94. The van der Waals surface area contributed by atoms with E-state index in [1.54, 1.807) is 12.1 Å². The third-order valence-electron chi connectivity index (χ3n) is 6.24. The fourth-order valence-corrected chi connectivity index (χ4v) is 5.17. The molecule has 2 N–H and O–H groups in total. The molecule has 0 aliphatic rings. The zero-order valence-electron chi connectivity index (χ0n) is 28.6. The fraction of sp³-hybridized carbons (Fsp3) is 0.516. The normalized spacial score (nSPS) is 10.4. The van der Waals surface area contributed by atoms with E-state index in [1.807, 2.05) is 0 Å². The van der Waals surface area contributed by atoms with Gasteiger partial charge in [-0.2, -0.15) is 16.8 Å². The molecule has 2 aromatic rings. The van der Waals surface area contributed by atoms with Crippen molar-refractivity contribution in [1.82, 2.24) is 0 Å². The Labute approximate surface area is 333 Å². The number of unbranched alkanes of at least 4 members (excludes halogenated alkanes) is 10. The molecular weight excluding hydrogens is 706 g/mol. The van der Waals surface area contributed by atoms with E-state index in [-0.39, 0.29) is 93.2 Å². The minimum Gasteiger partial charge on any atom is -0.755 e. The first-order valence-electron chi connectivity index (χ1n) is 15.2. The molecule has 0 spiro atoms. The van der Waals surface area contributed by atoms with E-state index in [4.69, 9.17) is 33.7 Å². The summed E-state index contributed by atoms with van der Waals surface area (Å²) in [6, 6.07) is 11.1. The SMILES string of the molecule is CCCCCCCCC(=O)Oc1ccccc1S(=O)(=O)O.CCCCCCCCC(=O)Oc1ccccc1S(=O)(=O)O.O=C([O-])O[O-].[Na+].[Na+]. The molecule has 0 aromatic heterocycles. The maximum atomic E-state index is 11.7. The van der Waals surface area contributed by atoms with Gasteiger partial charge in [0.1, 0.15) is 9.79 Å². The van der Waals surface area contributed by atoms with Gasteiger partial charge in [0.05, 0.1) is 0 Å². The van der Waals surface area contributed by atoms with Crippen molar-refractivity contribution in [1.29, 1.82) is 0 Å². The number of hydrogen-bond donors (Lipinski definition) is 2. The summed E-state index contributed by atoms with van der Waals surface area (Å²) in [5, 5.41) is 17.2. The molecule has 0 heterocycles. The number of ether oxygens (including phenoxy) is 2. The van der Waals surface area contributed by atoms with Gasteiger partial charge < -0.3 is 29.5 Å². The van der Waals surface area contributed by atoms with Crippen LogP contribution >= 0.6 is 0 Å². The summed E-state index contributed by atoms with van der Waals surface area (Å²) in [6.07, 6.45) is 11.0. The first-order chi connectivity index (χ1) is 22.2. The molecule has 0 unspecified atom stereocenters. The first kappa shape index (κ1) is 51.8. The standard InChI is InChI=1S/2C15H22O5S.CH2O4.2Na/c2*1-2-3-4-5-6-7-12-15(16)20-13-10-8-9-11-14(13)21(17,18)19;2-1(3)5-4;;/h2*8-11H,2-7,12H2,1H3,(H,17,18,19);4H,(H,2,3);;/q;;;2*+1/p-2. The van der Waals surface area contributed by atoms with Crippen molar-refractivity contribution in [3.63, 3.8) is 0 Å². The Balaban J connectivity index is -0.000000732. The smallest absolute Gasteiger partial charge is 0.755 e. The van der Waals surface area contributed by atoms with E-state index in [0.717, 1.165) is 51.4 Å². The van der Waals surface area contributed by atoms with Crippen molar-refractivity contribution >= 4 is 38.3 Å². The number of carboxylic acid groups (broad SMARTS) is 1. The average Bonchev–Trinajstić information content (AvgIpc) is 3.00. The van der Waals surface area contributed by atoms with E-state index < -0.39 is 38.3 Å². The van der Waals surface area contributed by atoms with E-state index in [0.29, 0.717) is 0 Å². The quantitative estimate of drug-likeness (QED) is 0.0347. The number of carbonyl (C=O) groups excluding carboxylic acids is 3. The summed E-state index contributed by atoms with van der Waals surface area (Å²) in [5.74, 6) is -1.23. The molecule has 0 aliphatic carbocycles. The molecule has 266 valence electrons. The van der Waals surface area contributed by atoms with Crippen LogP contribution in [-0.4, -0.2) is 44.0 Å². The van der Waals surface area contributed by atoms with Gasteiger partial charge in [-0.1, -0.05) is 102 Å². The van der Waals surface area contributed by atoms with Crippen LogP contribution in [0.1, 0.15) is 104 Å². The van der Waals surface area contributed by atoms with Gasteiger partial charge in [-0.15, -0.1) is 0 Å². The number of hydrogen-bond acceptors (Lipinski definition) is 12. The van der Waals surface area contributed by atoms with Gasteiger partial charge >= 0.3 is 71.1 Å². The van der Waals surface area contributed by atoms with Crippen LogP contribution in [0.2, 0.25) is 0 Å². The monoisotopic (exact) mass is 750 g/mol. The summed E-state index contributed by atoms with van der Waals surface area (Å²) in [6.45, 7) is 4.29. The third-order valence-corrected chi connectivity index (χ3v) is 8.02. The van der Waals surface area contributed by atoms with Crippen LogP contribution < -0.4 is 79.0 Å². The second-order valence-corrected chi connectivity index (χ2v) is 12.9. The zero-order chi connectivity index (χ0) is 35.7. The summed E-state index contributed by atoms with van der Waals surface area (Å²) in [5.41, 5.74) is 0. The van der Waals surface area contributed by atoms with E-state index in [1.165, 1.54) is 62.1 Å². The number of para-hydroxylation sites is 2. The van der Waals surface area contributed by atoms with Crippen molar-refractivity contribution < 1.29 is 124 Å². The molecule has 0 radical (unpaired) electrons. The number of carbonyl (C=O) groups is 3. The Kier molecular flexibility index (Phi) is 31.8. The van der Waals surface area contributed by atoms with Gasteiger partial charge in [0.2, 0.25) is 6.16 Å². The van der Waals surface area contributed by atoms with E-state index >= 15 is 0 Å². The summed E-state index contributed by atoms with van der Waals surface area (Å²) < 4.78 is 72.8. The maximum Gasteiger partial charge on any atom is 1.00 e. The second kappa shape index (κ2) is 30.1. The van der Waals surface area contributed by atoms with E-state index in [9.17, 15) is 26.4 Å². The summed E-state index contributed by atoms with van der Waals surface area (Å²) in [4.78, 5) is 33.6. The number of esters is 2. The van der Waals surface area contributed by atoms with Crippen molar-refractivity contribution in [2.45, 2.75) is 114 Å². The Bertz CT molecular complexity index is 1330. The molecule has 0 aliphatic heterocycles. The van der Waals surface area contributed by atoms with Crippen molar-refractivity contribution in [2.75, 3.05) is 0 Å². The molecule has 0 saturated carbocycles. The van der Waals surface area contributed by atoms with Crippen LogP contribution in [0.5, 0.6) is 11.5 Å². The molecule has 2 aromatic carbocycles. The van der Waals surface area contributed by atoms with Crippen LogP contribution in [-0.2, 0) is 34.7 Å². The minimum absolute atomic E-state index is 0. The Morgan fingerprint density at radius 2 is 0.878 bits per heavy atom. The molecule has 14 nitrogen and oxygen atoms in total. The molecule has 49 heavy (non-hydrogen) atoms. The summed E-state index contributed by atoms with van der Waals surface area (Å²) >= 11 is 0. The van der Waals surface area contributed by atoms with Gasteiger partial charge in [0.25, 0.3) is 20.2 Å². The number of rotatable bonds is 18. The Hall–Kier alpha value is -1.57. The molecule has 0 amide bonds. The molecule has 0 atom stereocenters. The molecule has 0 saturated heterocycles. The van der Waals surface area contributed by atoms with Gasteiger partial charge in [-0.25, -0.2) is 0 Å². The predicted octanol–water partition coefficient (Wildman–Crippen LogP) is -1.19. The van der Waals surface area contributed by atoms with Crippen LogP contribution in [0.25, 0.3) is 0 Å². The molecule has 0 fully saturated rings. The molecule has 0 bridgehead atoms. The zero-order valence-corrected chi connectivity index (χ0v) is 34.3. The minimum atomic E-state index is -4.39. The molecular formula is C31H44Na2O14S2. The third kappa shape index (κ3) is 26.8. The Morgan fingerprint density at radius 3 is 1.16 bits per heavy atom. The van der Waals surface area contributed by atoms with Gasteiger partial charge in [-0.05, 0) is 37.1 Å². The van der Waals surface area contributed by atoms with Crippen LogP contribution in [0, 0.1) is 0 Å². The molecule has 18 heteroatoms. The van der Waals surface area contributed by atoms with Gasteiger partial charge in [-0.3, -0.25) is 18.7 Å². The summed E-state index contributed by atoms with van der Waals surface area (Å²) in [7, 11) is -8.78. The second-order valence-electron chi connectivity index (χ2n) is 10.2. The average molecular weight is 751 g/mol. The van der Waals surface area contributed by atoms with Crippen molar-refractivity contribution in [3.05, 3.63) is 48.5 Å². The van der Waals surface area contributed by atoms with Crippen molar-refractivity contribution in [2.24, 2.45) is 0 Å². The van der Waals surface area contributed by atoms with Crippen molar-refractivity contribution in [3.8, 4) is 11.5 Å². The first-order valence-corrected chi connectivity index (χ1v) is 18.1. The van der Waals surface area contributed by atoms with E-state index in [2.05, 4.69) is 18.7 Å². The van der Waals surface area contributed by atoms with Gasteiger partial charge in [0.15, 0.2) is 11.5 Å². The maximum absolute atomic E-state index is 11.7. The van der Waals surface area contributed by atoms with Crippen LogP contribution in [0.3, 0.4) is 0 Å². The van der Waals surface area contributed by atoms with Crippen LogP contribution in [0.4, 0.5) is 4.79 Å².